The lowest BCUT2D eigenvalue weighted by Crippen LogP contribution is -2.12. The summed E-state index contributed by atoms with van der Waals surface area (Å²) < 4.78 is 30.1. The topological polar surface area (TPSA) is 78.9 Å². The molecule has 0 saturated heterocycles. The van der Waals surface area contributed by atoms with E-state index >= 15 is 0 Å². The SMILES string of the molecule is Nc1cc(-c2nnnn2CCOCC(F)F)ccc1Cl. The van der Waals surface area contributed by atoms with Gasteiger partial charge in [0.15, 0.2) is 5.82 Å². The van der Waals surface area contributed by atoms with Crippen LogP contribution in [0.3, 0.4) is 0 Å². The third-order valence-electron chi connectivity index (χ3n) is 2.48. The van der Waals surface area contributed by atoms with Gasteiger partial charge < -0.3 is 10.5 Å². The highest BCUT2D eigenvalue weighted by Crippen LogP contribution is 2.24. The van der Waals surface area contributed by atoms with Gasteiger partial charge in [-0.05, 0) is 28.6 Å². The molecule has 1 aromatic carbocycles. The summed E-state index contributed by atoms with van der Waals surface area (Å²) in [5, 5.41) is 11.6. The molecule has 2 aromatic rings. The van der Waals surface area contributed by atoms with Gasteiger partial charge in [-0.2, -0.15) is 0 Å². The summed E-state index contributed by atoms with van der Waals surface area (Å²) >= 11 is 5.84. The van der Waals surface area contributed by atoms with Crippen LogP contribution in [0.1, 0.15) is 0 Å². The van der Waals surface area contributed by atoms with E-state index in [1.165, 1.54) is 4.68 Å². The number of alkyl halides is 2. The predicted octanol–water partition coefficient (Wildman–Crippen LogP) is 1.86. The molecule has 108 valence electrons. The lowest BCUT2D eigenvalue weighted by molar-refractivity contribution is 0.0140. The second-order valence-corrected chi connectivity index (χ2v) is 4.34. The second kappa shape index (κ2) is 6.58. The molecule has 0 aliphatic heterocycles. The Bertz CT molecular complexity index is 578. The molecule has 0 saturated carbocycles. The molecule has 0 spiro atoms. The molecule has 2 N–H and O–H groups in total. The van der Waals surface area contributed by atoms with E-state index in [2.05, 4.69) is 15.5 Å². The van der Waals surface area contributed by atoms with Crippen molar-refractivity contribution in [3.63, 3.8) is 0 Å². The molecule has 0 bridgehead atoms. The number of aromatic nitrogens is 4. The first-order chi connectivity index (χ1) is 9.58. The number of hydrogen-bond acceptors (Lipinski definition) is 5. The molecule has 0 aliphatic carbocycles. The third-order valence-corrected chi connectivity index (χ3v) is 2.82. The smallest absolute Gasteiger partial charge is 0.261 e. The van der Waals surface area contributed by atoms with Crippen molar-refractivity contribution in [2.45, 2.75) is 13.0 Å². The van der Waals surface area contributed by atoms with Gasteiger partial charge in [-0.1, -0.05) is 11.6 Å². The maximum absolute atomic E-state index is 11.9. The number of nitrogens with two attached hydrogens (primary N) is 1. The van der Waals surface area contributed by atoms with Gasteiger partial charge in [0.2, 0.25) is 0 Å². The summed E-state index contributed by atoms with van der Waals surface area (Å²) in [6.45, 7) is -0.256. The van der Waals surface area contributed by atoms with Gasteiger partial charge in [0.1, 0.15) is 6.61 Å². The van der Waals surface area contributed by atoms with Gasteiger partial charge in [0.25, 0.3) is 6.43 Å². The maximum atomic E-state index is 11.9. The Labute approximate surface area is 118 Å². The van der Waals surface area contributed by atoms with Crippen molar-refractivity contribution >= 4 is 17.3 Å². The summed E-state index contributed by atoms with van der Waals surface area (Å²) in [5.74, 6) is 0.467. The van der Waals surface area contributed by atoms with Gasteiger partial charge >= 0.3 is 0 Å². The molecule has 0 unspecified atom stereocenters. The summed E-state index contributed by atoms with van der Waals surface area (Å²) in [6, 6.07) is 5.00. The molecule has 0 atom stereocenters. The van der Waals surface area contributed by atoms with Crippen molar-refractivity contribution in [2.75, 3.05) is 18.9 Å². The molecule has 1 heterocycles. The highest BCUT2D eigenvalue weighted by atomic mass is 35.5. The van der Waals surface area contributed by atoms with E-state index in [0.717, 1.165) is 0 Å². The predicted molar refractivity (Wildman–Crippen MR) is 69.5 cm³/mol. The number of halogens is 3. The minimum absolute atomic E-state index is 0.0887. The fourth-order valence-corrected chi connectivity index (χ4v) is 1.69. The largest absolute Gasteiger partial charge is 0.398 e. The van der Waals surface area contributed by atoms with Crippen LogP contribution in [0, 0.1) is 0 Å². The molecule has 1 aromatic heterocycles. The fourth-order valence-electron chi connectivity index (χ4n) is 1.57. The summed E-state index contributed by atoms with van der Waals surface area (Å²) in [5.41, 5.74) is 6.81. The Balaban J connectivity index is 2.06. The van der Waals surface area contributed by atoms with Gasteiger partial charge in [-0.25, -0.2) is 13.5 Å². The zero-order chi connectivity index (χ0) is 14.5. The van der Waals surface area contributed by atoms with E-state index in [4.69, 9.17) is 22.1 Å². The van der Waals surface area contributed by atoms with Gasteiger partial charge in [-0.3, -0.25) is 0 Å². The summed E-state index contributed by atoms with van der Waals surface area (Å²) in [4.78, 5) is 0. The van der Waals surface area contributed by atoms with Crippen LogP contribution in [0.4, 0.5) is 14.5 Å². The van der Waals surface area contributed by atoms with Crippen LogP contribution in [0.15, 0.2) is 18.2 Å². The first-order valence-electron chi connectivity index (χ1n) is 5.75. The lowest BCUT2D eigenvalue weighted by Gasteiger charge is -2.06. The van der Waals surface area contributed by atoms with Gasteiger partial charge in [0.05, 0.1) is 23.9 Å². The molecule has 9 heteroatoms. The quantitative estimate of drug-likeness (QED) is 0.651. The van der Waals surface area contributed by atoms with Crippen LogP contribution in [-0.4, -0.2) is 39.8 Å². The van der Waals surface area contributed by atoms with Crippen LogP contribution in [0.2, 0.25) is 5.02 Å². The van der Waals surface area contributed by atoms with Crippen molar-refractivity contribution in [3.05, 3.63) is 23.2 Å². The van der Waals surface area contributed by atoms with Crippen molar-refractivity contribution in [1.82, 2.24) is 20.2 Å². The minimum atomic E-state index is -2.49. The number of nitrogens with zero attached hydrogens (tertiary/aromatic N) is 4. The monoisotopic (exact) mass is 303 g/mol. The Kier molecular flexibility index (Phi) is 4.80. The molecular weight excluding hydrogens is 292 g/mol. The van der Waals surface area contributed by atoms with E-state index in [-0.39, 0.29) is 13.2 Å². The average Bonchev–Trinajstić information content (AvgIpc) is 2.86. The number of ether oxygens (including phenoxy) is 1. The zero-order valence-corrected chi connectivity index (χ0v) is 11.1. The average molecular weight is 304 g/mol. The van der Waals surface area contributed by atoms with Gasteiger partial charge in [0, 0.05) is 5.56 Å². The van der Waals surface area contributed by atoms with Crippen LogP contribution < -0.4 is 5.73 Å². The van der Waals surface area contributed by atoms with Gasteiger partial charge in [-0.15, -0.1) is 5.10 Å². The van der Waals surface area contributed by atoms with Crippen molar-refractivity contribution < 1.29 is 13.5 Å². The van der Waals surface area contributed by atoms with E-state index in [1.807, 2.05) is 0 Å². The van der Waals surface area contributed by atoms with Crippen molar-refractivity contribution in [3.8, 4) is 11.4 Å². The Morgan fingerprint density at radius 2 is 2.20 bits per heavy atom. The minimum Gasteiger partial charge on any atom is -0.398 e. The Morgan fingerprint density at radius 3 is 2.90 bits per heavy atom. The number of tetrazole rings is 1. The molecule has 0 aliphatic rings. The molecule has 0 amide bonds. The number of anilines is 1. The highest BCUT2D eigenvalue weighted by Gasteiger charge is 2.10. The molecule has 2 rings (SSSR count). The van der Waals surface area contributed by atoms with E-state index in [0.29, 0.717) is 22.1 Å². The standard InChI is InChI=1S/C11H12ClF2N5O/c12-8-2-1-7(5-9(8)15)11-16-17-18-19(11)3-4-20-6-10(13)14/h1-2,5,10H,3-4,6,15H2. The van der Waals surface area contributed by atoms with E-state index in [1.54, 1.807) is 18.2 Å². The van der Waals surface area contributed by atoms with E-state index in [9.17, 15) is 8.78 Å². The molecule has 20 heavy (non-hydrogen) atoms. The number of hydrogen-bond donors (Lipinski definition) is 1. The fraction of sp³-hybridized carbons (Fsp3) is 0.364. The highest BCUT2D eigenvalue weighted by molar-refractivity contribution is 6.33. The lowest BCUT2D eigenvalue weighted by atomic mass is 10.2. The summed E-state index contributed by atoms with van der Waals surface area (Å²) in [6.07, 6.45) is -2.49. The first-order valence-corrected chi connectivity index (χ1v) is 6.13. The number of benzene rings is 1. The maximum Gasteiger partial charge on any atom is 0.261 e. The number of nitrogen functional groups attached to an aromatic ring is 1. The van der Waals surface area contributed by atoms with E-state index < -0.39 is 13.0 Å². The van der Waals surface area contributed by atoms with Crippen molar-refractivity contribution in [2.24, 2.45) is 0 Å². The molecule has 0 fully saturated rings. The Morgan fingerprint density at radius 1 is 1.40 bits per heavy atom. The molecular formula is C11H12ClF2N5O. The van der Waals surface area contributed by atoms with Crippen LogP contribution in [0.25, 0.3) is 11.4 Å². The summed E-state index contributed by atoms with van der Waals surface area (Å²) in [7, 11) is 0. The third kappa shape index (κ3) is 3.61. The zero-order valence-electron chi connectivity index (χ0n) is 10.3. The first kappa shape index (κ1) is 14.6. The van der Waals surface area contributed by atoms with Crippen LogP contribution in [-0.2, 0) is 11.3 Å². The normalized spacial score (nSPS) is 11.2. The second-order valence-electron chi connectivity index (χ2n) is 3.93. The number of rotatable bonds is 6. The van der Waals surface area contributed by atoms with Crippen LogP contribution >= 0.6 is 11.6 Å². The molecule has 0 radical (unpaired) electrons. The van der Waals surface area contributed by atoms with Crippen molar-refractivity contribution in [1.29, 1.82) is 0 Å². The van der Waals surface area contributed by atoms with Crippen LogP contribution in [0.5, 0.6) is 0 Å². The Hall–Kier alpha value is -1.80. The molecule has 6 nitrogen and oxygen atoms in total.